The van der Waals surface area contributed by atoms with Crippen molar-refractivity contribution < 1.29 is 18.7 Å². The minimum absolute atomic E-state index is 0.0230. The molecular weight excluding hydrogens is 460 g/mol. The lowest BCUT2D eigenvalue weighted by molar-refractivity contribution is -0.131. The van der Waals surface area contributed by atoms with E-state index in [1.165, 1.54) is 18.9 Å². The third-order valence-electron chi connectivity index (χ3n) is 7.33. The van der Waals surface area contributed by atoms with Crippen molar-refractivity contribution in [1.29, 1.82) is 0 Å². The Morgan fingerprint density at radius 3 is 2.64 bits per heavy atom. The van der Waals surface area contributed by atoms with Crippen molar-refractivity contribution in [2.45, 2.75) is 44.7 Å². The first-order valence-corrected chi connectivity index (χ1v) is 13.1. The molecule has 0 saturated heterocycles. The molecule has 0 unspecified atom stereocenters. The van der Waals surface area contributed by atoms with Crippen LogP contribution in [0.5, 0.6) is 0 Å². The molecule has 36 heavy (non-hydrogen) atoms. The largest absolute Gasteiger partial charge is 0.395 e. The number of carbonyl (C=O) groups is 1. The SMILES string of the molecule is CCN(CCO)CCN[C@H](CCC(=O)N1CC(c2cc(F)ccc2F)=C[C@H]1c1ccccc1)C1CC1. The lowest BCUT2D eigenvalue weighted by atomic mass is 10.0. The number of nitrogens with zero attached hydrogens (tertiary/aromatic N) is 2. The smallest absolute Gasteiger partial charge is 0.223 e. The maximum Gasteiger partial charge on any atom is 0.223 e. The molecule has 1 saturated carbocycles. The van der Waals surface area contributed by atoms with Gasteiger partial charge in [0.05, 0.1) is 12.6 Å². The number of hydrogen-bond acceptors (Lipinski definition) is 4. The average molecular weight is 498 g/mol. The van der Waals surface area contributed by atoms with E-state index in [9.17, 15) is 18.7 Å². The maximum absolute atomic E-state index is 14.5. The molecule has 0 bridgehead atoms. The van der Waals surface area contributed by atoms with Crippen LogP contribution in [0, 0.1) is 17.6 Å². The zero-order chi connectivity index (χ0) is 25.5. The van der Waals surface area contributed by atoms with Crippen LogP contribution in [-0.2, 0) is 4.79 Å². The summed E-state index contributed by atoms with van der Waals surface area (Å²) in [7, 11) is 0. The van der Waals surface area contributed by atoms with Gasteiger partial charge in [-0.15, -0.1) is 0 Å². The number of aliphatic hydroxyl groups is 1. The van der Waals surface area contributed by atoms with Crippen molar-refractivity contribution in [2.24, 2.45) is 5.92 Å². The van der Waals surface area contributed by atoms with E-state index >= 15 is 0 Å². The van der Waals surface area contributed by atoms with Crippen LogP contribution in [-0.4, -0.2) is 66.2 Å². The first kappa shape index (κ1) is 26.5. The van der Waals surface area contributed by atoms with Gasteiger partial charge in [0.25, 0.3) is 0 Å². The van der Waals surface area contributed by atoms with Gasteiger partial charge in [0, 0.05) is 44.2 Å². The number of aliphatic hydroxyl groups excluding tert-OH is 1. The molecule has 1 fully saturated rings. The van der Waals surface area contributed by atoms with Crippen LogP contribution in [0.25, 0.3) is 5.57 Å². The molecule has 4 rings (SSSR count). The second-order valence-corrected chi connectivity index (χ2v) is 9.79. The van der Waals surface area contributed by atoms with Crippen LogP contribution < -0.4 is 5.32 Å². The fourth-order valence-corrected chi connectivity index (χ4v) is 5.11. The minimum atomic E-state index is -0.493. The van der Waals surface area contributed by atoms with Gasteiger partial charge in [-0.1, -0.05) is 43.3 Å². The van der Waals surface area contributed by atoms with Gasteiger partial charge in [-0.25, -0.2) is 8.78 Å². The fourth-order valence-electron chi connectivity index (χ4n) is 5.11. The summed E-state index contributed by atoms with van der Waals surface area (Å²) in [5.41, 5.74) is 1.81. The molecular formula is C29H37F2N3O2. The second-order valence-electron chi connectivity index (χ2n) is 9.79. The van der Waals surface area contributed by atoms with E-state index < -0.39 is 11.6 Å². The summed E-state index contributed by atoms with van der Waals surface area (Å²) in [6.45, 7) is 5.75. The van der Waals surface area contributed by atoms with E-state index in [0.717, 1.165) is 43.8 Å². The molecule has 0 aromatic heterocycles. The first-order chi connectivity index (χ1) is 17.5. The Morgan fingerprint density at radius 1 is 1.17 bits per heavy atom. The molecule has 2 atom stereocenters. The van der Waals surface area contributed by atoms with Crippen molar-refractivity contribution >= 4 is 11.5 Å². The third kappa shape index (κ3) is 6.78. The number of rotatable bonds is 13. The fraction of sp³-hybridized carbons (Fsp3) is 0.483. The summed E-state index contributed by atoms with van der Waals surface area (Å²) in [6.07, 6.45) is 5.40. The van der Waals surface area contributed by atoms with Crippen LogP contribution in [0.3, 0.4) is 0 Å². The molecule has 1 amide bonds. The van der Waals surface area contributed by atoms with E-state index in [-0.39, 0.29) is 36.7 Å². The quantitative estimate of drug-likeness (QED) is 0.431. The van der Waals surface area contributed by atoms with Gasteiger partial charge in [0.15, 0.2) is 0 Å². The number of likely N-dealkylation sites (N-methyl/N-ethyl adjacent to an activating group) is 1. The topological polar surface area (TPSA) is 55.8 Å². The summed E-state index contributed by atoms with van der Waals surface area (Å²) in [5, 5.41) is 12.8. The summed E-state index contributed by atoms with van der Waals surface area (Å²) in [4.78, 5) is 17.5. The predicted molar refractivity (Wildman–Crippen MR) is 138 cm³/mol. The number of carbonyl (C=O) groups excluding carboxylic acids is 1. The lowest BCUT2D eigenvalue weighted by Crippen LogP contribution is -2.40. The highest BCUT2D eigenvalue weighted by Gasteiger charge is 2.34. The second kappa shape index (κ2) is 12.6. The molecule has 7 heteroatoms. The summed E-state index contributed by atoms with van der Waals surface area (Å²) in [5.74, 6) is -0.351. The lowest BCUT2D eigenvalue weighted by Gasteiger charge is -2.27. The molecule has 1 aliphatic carbocycles. The Morgan fingerprint density at radius 2 is 1.94 bits per heavy atom. The van der Waals surface area contributed by atoms with E-state index in [1.54, 1.807) is 4.90 Å². The van der Waals surface area contributed by atoms with E-state index in [0.29, 0.717) is 24.5 Å². The van der Waals surface area contributed by atoms with E-state index in [2.05, 4.69) is 17.1 Å². The highest BCUT2D eigenvalue weighted by molar-refractivity contribution is 5.83. The molecule has 2 aromatic rings. The van der Waals surface area contributed by atoms with Crippen LogP contribution in [0.15, 0.2) is 54.6 Å². The van der Waals surface area contributed by atoms with Crippen LogP contribution in [0.4, 0.5) is 8.78 Å². The van der Waals surface area contributed by atoms with Gasteiger partial charge in [-0.3, -0.25) is 4.79 Å². The van der Waals surface area contributed by atoms with Crippen molar-refractivity contribution in [3.8, 4) is 0 Å². The maximum atomic E-state index is 14.5. The highest BCUT2D eigenvalue weighted by Crippen LogP contribution is 2.38. The number of nitrogens with one attached hydrogen (secondary N) is 1. The van der Waals surface area contributed by atoms with Crippen molar-refractivity contribution in [3.63, 3.8) is 0 Å². The van der Waals surface area contributed by atoms with Gasteiger partial charge in [-0.05, 0) is 61.1 Å². The van der Waals surface area contributed by atoms with E-state index in [1.807, 2.05) is 36.4 Å². The Hall–Kier alpha value is -2.61. The first-order valence-electron chi connectivity index (χ1n) is 13.1. The van der Waals surface area contributed by atoms with Crippen LogP contribution >= 0.6 is 0 Å². The Kier molecular flexibility index (Phi) is 9.24. The van der Waals surface area contributed by atoms with Crippen molar-refractivity contribution in [2.75, 3.05) is 39.3 Å². The van der Waals surface area contributed by atoms with Gasteiger partial charge < -0.3 is 20.2 Å². The summed E-state index contributed by atoms with van der Waals surface area (Å²) in [6, 6.07) is 13.1. The van der Waals surface area contributed by atoms with Crippen LogP contribution in [0.2, 0.25) is 0 Å². The summed E-state index contributed by atoms with van der Waals surface area (Å²) >= 11 is 0. The Labute approximate surface area is 212 Å². The molecule has 1 heterocycles. The van der Waals surface area contributed by atoms with Crippen molar-refractivity contribution in [3.05, 3.63) is 77.4 Å². The minimum Gasteiger partial charge on any atom is -0.395 e. The molecule has 2 N–H and O–H groups in total. The van der Waals surface area contributed by atoms with Gasteiger partial charge >= 0.3 is 0 Å². The molecule has 2 aromatic carbocycles. The molecule has 5 nitrogen and oxygen atoms in total. The predicted octanol–water partition coefficient (Wildman–Crippen LogP) is 4.39. The number of hydrogen-bond donors (Lipinski definition) is 2. The zero-order valence-electron chi connectivity index (χ0n) is 21.0. The zero-order valence-corrected chi connectivity index (χ0v) is 21.0. The molecule has 2 aliphatic rings. The molecule has 0 spiro atoms. The Balaban J connectivity index is 1.42. The molecule has 0 radical (unpaired) electrons. The van der Waals surface area contributed by atoms with Crippen LogP contribution in [0.1, 0.15) is 49.8 Å². The summed E-state index contributed by atoms with van der Waals surface area (Å²) < 4.78 is 28.4. The number of halogens is 2. The van der Waals surface area contributed by atoms with Gasteiger partial charge in [0.1, 0.15) is 11.6 Å². The molecule has 194 valence electrons. The standard InChI is InChI=1S/C29H37F2N3O2/c1-2-33(16-17-35)15-14-32-27(21-8-9-21)12-13-29(36)34-20-23(25-19-24(30)10-11-26(25)31)18-28(34)22-6-4-3-5-7-22/h3-7,10-11,18-19,21,27-28,32,35H,2,8-9,12-17,20H2,1H3/t27-,28+/m1/s1. The molecule has 1 aliphatic heterocycles. The van der Waals surface area contributed by atoms with Gasteiger partial charge in [0.2, 0.25) is 5.91 Å². The average Bonchev–Trinajstić information content (AvgIpc) is 3.64. The number of amides is 1. The van der Waals surface area contributed by atoms with Gasteiger partial charge in [-0.2, -0.15) is 0 Å². The highest BCUT2D eigenvalue weighted by atomic mass is 19.1. The van der Waals surface area contributed by atoms with Crippen molar-refractivity contribution in [1.82, 2.24) is 15.1 Å². The monoisotopic (exact) mass is 497 g/mol. The normalized spacial score (nSPS) is 18.5. The number of benzene rings is 2. The Bertz CT molecular complexity index is 1040. The van der Waals surface area contributed by atoms with E-state index in [4.69, 9.17) is 0 Å². The third-order valence-corrected chi connectivity index (χ3v) is 7.33.